The molecule has 1 fully saturated rings. The van der Waals surface area contributed by atoms with Crippen LogP contribution in [0.5, 0.6) is 11.8 Å². The molecule has 1 saturated heterocycles. The maximum atomic E-state index is 12.9. The largest absolute Gasteiger partial charge is 0.496 e. The highest BCUT2D eigenvalue weighted by Gasteiger charge is 2.23. The zero-order valence-electron chi connectivity index (χ0n) is 32.3. The van der Waals surface area contributed by atoms with E-state index in [1.165, 1.54) is 4.57 Å². The molecule has 1 unspecified atom stereocenters. The molecule has 0 bridgehead atoms. The second-order valence-electron chi connectivity index (χ2n) is 13.5. The van der Waals surface area contributed by atoms with Crippen LogP contribution in [0.2, 0.25) is 0 Å². The summed E-state index contributed by atoms with van der Waals surface area (Å²) in [6.45, 7) is 6.57. The van der Waals surface area contributed by atoms with Crippen LogP contribution in [0.25, 0.3) is 11.2 Å². The van der Waals surface area contributed by atoms with Crippen LogP contribution in [0, 0.1) is 0 Å². The molecular weight excluding hydrogens is 722 g/mol. The number of aromatic nitrogens is 4. The molecule has 18 heteroatoms. The number of unbranched alkanes of at least 4 members (excludes halogenated alkanes) is 1. The maximum Gasteiger partial charge on any atom is 0.410 e. The van der Waals surface area contributed by atoms with Gasteiger partial charge in [0, 0.05) is 50.5 Å². The SMILES string of the molecule is CCCCOc1nc(N)c2[nH]c(=O)n(Cc3ccc(CCN4CCN(C(=O)OCc5ccc(NC(=O)C(CCCNC(N)=O)NC)cc5)CC4)cc3OC)c2n1. The van der Waals surface area contributed by atoms with Gasteiger partial charge in [-0.25, -0.2) is 14.4 Å². The Morgan fingerprint density at radius 1 is 1.02 bits per heavy atom. The second-order valence-corrected chi connectivity index (χ2v) is 13.5. The van der Waals surface area contributed by atoms with E-state index in [1.807, 2.05) is 18.2 Å². The summed E-state index contributed by atoms with van der Waals surface area (Å²) in [7, 11) is 3.31. The van der Waals surface area contributed by atoms with E-state index in [4.69, 9.17) is 25.7 Å². The van der Waals surface area contributed by atoms with Crippen LogP contribution >= 0.6 is 0 Å². The predicted octanol–water partition coefficient (Wildman–Crippen LogP) is 2.41. The zero-order chi connectivity index (χ0) is 40.0. The van der Waals surface area contributed by atoms with Crippen molar-refractivity contribution in [2.24, 2.45) is 5.73 Å². The number of hydrogen-bond acceptors (Lipinski definition) is 12. The van der Waals surface area contributed by atoms with Gasteiger partial charge in [-0.1, -0.05) is 37.6 Å². The number of nitrogens with zero attached hydrogens (tertiary/aromatic N) is 5. The average Bonchev–Trinajstić information content (AvgIpc) is 3.51. The van der Waals surface area contributed by atoms with Crippen LogP contribution < -0.4 is 42.6 Å². The Hall–Kier alpha value is -5.88. The summed E-state index contributed by atoms with van der Waals surface area (Å²) in [4.78, 5) is 64.7. The number of likely N-dealkylation sites (N-methyl/N-ethyl adjacent to an activating group) is 1. The number of methoxy groups -OCH3 is 1. The number of anilines is 2. The Bertz CT molecular complexity index is 1990. The lowest BCUT2D eigenvalue weighted by Crippen LogP contribution is -2.49. The fraction of sp³-hybridized carbons (Fsp3) is 0.474. The number of rotatable bonds is 19. The molecule has 2 aromatic carbocycles. The molecule has 56 heavy (non-hydrogen) atoms. The van der Waals surface area contributed by atoms with Crippen LogP contribution in [0.3, 0.4) is 0 Å². The van der Waals surface area contributed by atoms with Gasteiger partial charge < -0.3 is 51.5 Å². The summed E-state index contributed by atoms with van der Waals surface area (Å²) in [6.07, 6.45) is 3.34. The fourth-order valence-corrected chi connectivity index (χ4v) is 6.31. The summed E-state index contributed by atoms with van der Waals surface area (Å²) in [5, 5.41) is 8.38. The van der Waals surface area contributed by atoms with Gasteiger partial charge in [-0.05, 0) is 62.1 Å². The first kappa shape index (κ1) is 41.3. The predicted molar refractivity (Wildman–Crippen MR) is 212 cm³/mol. The molecule has 8 N–H and O–H groups in total. The third kappa shape index (κ3) is 11.3. The van der Waals surface area contributed by atoms with Crippen molar-refractivity contribution in [2.45, 2.75) is 58.2 Å². The highest BCUT2D eigenvalue weighted by molar-refractivity contribution is 5.94. The summed E-state index contributed by atoms with van der Waals surface area (Å²) < 4.78 is 18.5. The van der Waals surface area contributed by atoms with Crippen molar-refractivity contribution in [2.75, 3.05) is 71.1 Å². The third-order valence-corrected chi connectivity index (χ3v) is 9.60. The van der Waals surface area contributed by atoms with E-state index in [0.717, 1.165) is 42.5 Å². The molecule has 0 spiro atoms. The lowest BCUT2D eigenvalue weighted by Gasteiger charge is -2.34. The molecule has 0 radical (unpaired) electrons. The van der Waals surface area contributed by atoms with Gasteiger partial charge in [0.2, 0.25) is 5.91 Å². The van der Waals surface area contributed by atoms with Gasteiger partial charge in [0.1, 0.15) is 17.9 Å². The molecule has 0 saturated carbocycles. The number of hydrogen-bond donors (Lipinski definition) is 6. The Kier molecular flexibility index (Phi) is 14.9. The smallest absolute Gasteiger partial charge is 0.410 e. The summed E-state index contributed by atoms with van der Waals surface area (Å²) in [6, 6.07) is 12.2. The number of H-pyrrole nitrogens is 1. The lowest BCUT2D eigenvalue weighted by molar-refractivity contribution is -0.118. The summed E-state index contributed by atoms with van der Waals surface area (Å²) >= 11 is 0. The number of aromatic amines is 1. The molecule has 4 amide bonds. The van der Waals surface area contributed by atoms with Gasteiger partial charge in [0.15, 0.2) is 11.5 Å². The molecule has 0 aliphatic carbocycles. The molecule has 5 rings (SSSR count). The average molecular weight is 776 g/mol. The number of ether oxygens (including phenoxy) is 3. The second kappa shape index (κ2) is 20.2. The van der Waals surface area contributed by atoms with Crippen molar-refractivity contribution in [3.8, 4) is 11.8 Å². The number of piperazine rings is 1. The summed E-state index contributed by atoms with van der Waals surface area (Å²) in [5.41, 5.74) is 14.9. The number of carbonyl (C=O) groups excluding carboxylic acids is 3. The zero-order valence-corrected chi connectivity index (χ0v) is 32.3. The van der Waals surface area contributed by atoms with Crippen molar-refractivity contribution >= 4 is 40.7 Å². The Morgan fingerprint density at radius 2 is 1.77 bits per heavy atom. The maximum absolute atomic E-state index is 12.9. The van der Waals surface area contributed by atoms with Gasteiger partial charge >= 0.3 is 23.8 Å². The summed E-state index contributed by atoms with van der Waals surface area (Å²) in [5.74, 6) is 0.612. The molecule has 18 nitrogen and oxygen atoms in total. The molecule has 4 aromatic rings. The van der Waals surface area contributed by atoms with E-state index in [2.05, 4.69) is 42.7 Å². The first-order valence-electron chi connectivity index (χ1n) is 18.9. The van der Waals surface area contributed by atoms with Gasteiger partial charge in [0.05, 0.1) is 26.3 Å². The van der Waals surface area contributed by atoms with Gasteiger partial charge in [-0.15, -0.1) is 0 Å². The minimum Gasteiger partial charge on any atom is -0.496 e. The van der Waals surface area contributed by atoms with Crippen LogP contribution in [0.1, 0.15) is 49.3 Å². The lowest BCUT2D eigenvalue weighted by atomic mass is 10.1. The highest BCUT2D eigenvalue weighted by Crippen LogP contribution is 2.24. The number of carbonyl (C=O) groups is 3. The first-order valence-corrected chi connectivity index (χ1v) is 18.9. The third-order valence-electron chi connectivity index (χ3n) is 9.60. The van der Waals surface area contributed by atoms with Gasteiger partial charge in [-0.3, -0.25) is 14.3 Å². The van der Waals surface area contributed by atoms with E-state index >= 15 is 0 Å². The number of nitrogens with one attached hydrogen (secondary N) is 4. The Morgan fingerprint density at radius 3 is 2.46 bits per heavy atom. The minimum atomic E-state index is -0.593. The normalized spacial score (nSPS) is 13.7. The van der Waals surface area contributed by atoms with Crippen LogP contribution in [0.4, 0.5) is 21.1 Å². The Balaban J connectivity index is 1.05. The van der Waals surface area contributed by atoms with E-state index < -0.39 is 12.1 Å². The van der Waals surface area contributed by atoms with Crippen molar-refractivity contribution in [3.05, 3.63) is 69.6 Å². The first-order chi connectivity index (χ1) is 27.1. The van der Waals surface area contributed by atoms with Crippen molar-refractivity contribution < 1.29 is 28.6 Å². The quantitative estimate of drug-likeness (QED) is 0.0754. The number of fused-ring (bicyclic) bond motifs is 1. The topological polar surface area (TPSA) is 237 Å². The highest BCUT2D eigenvalue weighted by atomic mass is 16.6. The Labute approximate surface area is 325 Å². The number of benzene rings is 2. The van der Waals surface area contributed by atoms with E-state index in [0.29, 0.717) is 74.8 Å². The molecule has 302 valence electrons. The molecule has 1 atom stereocenters. The van der Waals surface area contributed by atoms with E-state index in [1.54, 1.807) is 43.3 Å². The van der Waals surface area contributed by atoms with Crippen LogP contribution in [0.15, 0.2) is 47.3 Å². The fourth-order valence-electron chi connectivity index (χ4n) is 6.31. The molecule has 1 aliphatic heterocycles. The van der Waals surface area contributed by atoms with Crippen molar-refractivity contribution in [1.82, 2.24) is 40.0 Å². The molecule has 2 aromatic heterocycles. The molecular formula is C38H53N11O7. The van der Waals surface area contributed by atoms with Crippen molar-refractivity contribution in [1.29, 1.82) is 0 Å². The standard InChI is InChI=1S/C38H53N11O7/c1-4-5-21-55-36-45-32(39)31-33(46-36)49(37(52)44-31)23-27-11-8-25(22-30(27)54-3)14-16-47-17-19-48(20-18-47)38(53)56-24-26-9-12-28(13-10-26)43-34(50)29(41-2)7-6-15-42-35(40)51/h8-13,22,29,41H,4-7,14-21,23-24H2,1-3H3,(H,43,50)(H,44,52)(H2,39,45,46)(H3,40,42,51). The number of imidazole rings is 1. The minimum absolute atomic E-state index is 0.113. The molecule has 1 aliphatic rings. The molecule has 3 heterocycles. The number of urea groups is 1. The van der Waals surface area contributed by atoms with Crippen LogP contribution in [-0.4, -0.2) is 113 Å². The van der Waals surface area contributed by atoms with E-state index in [9.17, 15) is 19.2 Å². The number of amides is 4. The van der Waals surface area contributed by atoms with Crippen LogP contribution in [-0.2, 0) is 29.1 Å². The number of nitrogens with two attached hydrogens (primary N) is 2. The van der Waals surface area contributed by atoms with Gasteiger partial charge in [-0.2, -0.15) is 9.97 Å². The van der Waals surface area contributed by atoms with Crippen molar-refractivity contribution in [3.63, 3.8) is 0 Å². The van der Waals surface area contributed by atoms with Gasteiger partial charge in [0.25, 0.3) is 0 Å². The number of nitrogen functional groups attached to an aromatic ring is 1. The number of primary amides is 1. The van der Waals surface area contributed by atoms with E-state index in [-0.39, 0.29) is 42.7 Å². The monoisotopic (exact) mass is 775 g/mol.